The first-order valence-electron chi connectivity index (χ1n) is 9.45. The van der Waals surface area contributed by atoms with E-state index in [1.165, 1.54) is 5.56 Å². The van der Waals surface area contributed by atoms with Crippen LogP contribution in [0, 0.1) is 0 Å². The summed E-state index contributed by atoms with van der Waals surface area (Å²) >= 11 is 0. The molecule has 1 amide bonds. The van der Waals surface area contributed by atoms with E-state index in [-0.39, 0.29) is 17.4 Å². The minimum atomic E-state index is -0.360. The van der Waals surface area contributed by atoms with Gasteiger partial charge >= 0.3 is 0 Å². The van der Waals surface area contributed by atoms with Gasteiger partial charge in [-0.2, -0.15) is 0 Å². The molecule has 0 bridgehead atoms. The molecule has 1 aromatic heterocycles. The molecule has 27 heavy (non-hydrogen) atoms. The van der Waals surface area contributed by atoms with Crippen molar-refractivity contribution in [1.82, 2.24) is 10.2 Å². The van der Waals surface area contributed by atoms with Crippen molar-refractivity contribution in [2.75, 3.05) is 19.6 Å². The third-order valence-electron chi connectivity index (χ3n) is 5.42. The van der Waals surface area contributed by atoms with Crippen LogP contribution in [0.25, 0.3) is 0 Å². The number of furan rings is 1. The van der Waals surface area contributed by atoms with Crippen LogP contribution >= 0.6 is 0 Å². The minimum Gasteiger partial charge on any atom is -0.472 e. The molecule has 4 rings (SSSR count). The summed E-state index contributed by atoms with van der Waals surface area (Å²) in [6, 6.07) is 12.2. The van der Waals surface area contributed by atoms with Crippen molar-refractivity contribution in [3.8, 4) is 0 Å². The Morgan fingerprint density at radius 3 is 2.96 bits per heavy atom. The van der Waals surface area contributed by atoms with Crippen molar-refractivity contribution in [1.29, 1.82) is 0 Å². The minimum absolute atomic E-state index is 0.122. The Labute approximate surface area is 159 Å². The Balaban J connectivity index is 1.27. The van der Waals surface area contributed by atoms with Crippen LogP contribution in [0.15, 0.2) is 58.5 Å². The number of carbonyl (C=O) groups is 1. The van der Waals surface area contributed by atoms with Gasteiger partial charge in [0.1, 0.15) is 5.71 Å². The third kappa shape index (κ3) is 4.06. The Kier molecular flexibility index (Phi) is 4.99. The molecule has 6 nitrogen and oxygen atoms in total. The molecule has 0 radical (unpaired) electrons. The van der Waals surface area contributed by atoms with Gasteiger partial charge in [0.15, 0.2) is 5.60 Å². The van der Waals surface area contributed by atoms with Gasteiger partial charge in [-0.3, -0.25) is 9.69 Å². The van der Waals surface area contributed by atoms with Crippen molar-refractivity contribution < 1.29 is 14.0 Å². The summed E-state index contributed by atoms with van der Waals surface area (Å²) in [6.07, 6.45) is 4.91. The normalized spacial score (nSPS) is 23.2. The summed E-state index contributed by atoms with van der Waals surface area (Å²) in [5.74, 6) is 0.131. The quantitative estimate of drug-likeness (QED) is 0.852. The van der Waals surface area contributed by atoms with E-state index in [0.717, 1.165) is 31.6 Å². The van der Waals surface area contributed by atoms with Crippen molar-refractivity contribution in [2.24, 2.45) is 5.16 Å². The van der Waals surface area contributed by atoms with Gasteiger partial charge in [-0.15, -0.1) is 0 Å². The zero-order valence-corrected chi connectivity index (χ0v) is 15.6. The summed E-state index contributed by atoms with van der Waals surface area (Å²) in [7, 11) is 0. The molecule has 2 aromatic rings. The lowest BCUT2D eigenvalue weighted by molar-refractivity contribution is -0.115. The standard InChI is InChI=1S/C21H25N3O3/c1-16(18-5-3-2-4-6-18)12-22-20(25)19-11-21(27-23-19)8-9-24(15-21)13-17-7-10-26-14-17/h2-7,10,14,16H,8-9,11-13,15H2,1H3,(H,22,25)/t16-,21-/m0/s1. The van der Waals surface area contributed by atoms with Crippen LogP contribution in [0.4, 0.5) is 0 Å². The highest BCUT2D eigenvalue weighted by molar-refractivity contribution is 6.39. The molecule has 1 fully saturated rings. The number of benzene rings is 1. The molecule has 3 heterocycles. The predicted octanol–water partition coefficient (Wildman–Crippen LogP) is 2.92. The fourth-order valence-electron chi connectivity index (χ4n) is 3.81. The lowest BCUT2D eigenvalue weighted by Crippen LogP contribution is -2.37. The average molecular weight is 367 g/mol. The van der Waals surface area contributed by atoms with E-state index in [0.29, 0.717) is 18.7 Å². The van der Waals surface area contributed by atoms with E-state index in [1.54, 1.807) is 12.5 Å². The van der Waals surface area contributed by atoms with Crippen molar-refractivity contribution in [2.45, 2.75) is 37.8 Å². The molecule has 1 N–H and O–H groups in total. The molecular weight excluding hydrogens is 342 g/mol. The van der Waals surface area contributed by atoms with Gasteiger partial charge in [0.25, 0.3) is 5.91 Å². The van der Waals surface area contributed by atoms with Gasteiger partial charge in [0, 0.05) is 44.6 Å². The highest BCUT2D eigenvalue weighted by atomic mass is 16.7. The van der Waals surface area contributed by atoms with Gasteiger partial charge in [-0.05, 0) is 17.5 Å². The number of oxime groups is 1. The number of hydrogen-bond acceptors (Lipinski definition) is 5. The third-order valence-corrected chi connectivity index (χ3v) is 5.42. The second-order valence-corrected chi connectivity index (χ2v) is 7.60. The van der Waals surface area contributed by atoms with Gasteiger partial charge in [-0.1, -0.05) is 42.4 Å². The summed E-state index contributed by atoms with van der Waals surface area (Å²) in [5.41, 5.74) is 2.50. The first-order chi connectivity index (χ1) is 13.1. The topological polar surface area (TPSA) is 67.1 Å². The van der Waals surface area contributed by atoms with Gasteiger partial charge in [-0.25, -0.2) is 0 Å². The number of amides is 1. The van der Waals surface area contributed by atoms with Crippen LogP contribution < -0.4 is 5.32 Å². The van der Waals surface area contributed by atoms with Crippen LogP contribution in [0.2, 0.25) is 0 Å². The number of carbonyl (C=O) groups excluding carboxylic acids is 1. The lowest BCUT2D eigenvalue weighted by atomic mass is 9.96. The summed E-state index contributed by atoms with van der Waals surface area (Å²) in [4.78, 5) is 20.6. The van der Waals surface area contributed by atoms with Crippen LogP contribution in [-0.4, -0.2) is 41.8 Å². The Bertz CT molecular complexity index is 803. The Morgan fingerprint density at radius 2 is 2.19 bits per heavy atom. The molecule has 2 aliphatic heterocycles. The lowest BCUT2D eigenvalue weighted by Gasteiger charge is -2.21. The van der Waals surface area contributed by atoms with Crippen LogP contribution in [0.1, 0.15) is 36.8 Å². The SMILES string of the molecule is C[C@@H](CNC(=O)C1=NO[C@@]2(CCN(Cc3ccoc3)C2)C1)c1ccccc1. The maximum atomic E-state index is 12.5. The molecule has 1 saturated heterocycles. The van der Waals surface area contributed by atoms with E-state index < -0.39 is 0 Å². The first kappa shape index (κ1) is 17.8. The highest BCUT2D eigenvalue weighted by Gasteiger charge is 2.46. The van der Waals surface area contributed by atoms with Gasteiger partial charge in [0.05, 0.1) is 12.5 Å². The molecule has 2 aliphatic rings. The maximum absolute atomic E-state index is 12.5. The number of nitrogens with zero attached hydrogens (tertiary/aromatic N) is 2. The van der Waals surface area contributed by atoms with E-state index >= 15 is 0 Å². The maximum Gasteiger partial charge on any atom is 0.269 e. The monoisotopic (exact) mass is 367 g/mol. The van der Waals surface area contributed by atoms with Gasteiger partial charge < -0.3 is 14.6 Å². The fraction of sp³-hybridized carbons (Fsp3) is 0.429. The molecular formula is C21H25N3O3. The van der Waals surface area contributed by atoms with E-state index in [4.69, 9.17) is 9.25 Å². The first-order valence-corrected chi connectivity index (χ1v) is 9.45. The van der Waals surface area contributed by atoms with Crippen molar-refractivity contribution >= 4 is 11.6 Å². The smallest absolute Gasteiger partial charge is 0.269 e. The number of rotatable bonds is 6. The number of hydrogen-bond donors (Lipinski definition) is 1. The summed E-state index contributed by atoms with van der Waals surface area (Å²) in [6.45, 7) is 5.23. The zero-order chi connectivity index (χ0) is 18.7. The molecule has 0 saturated carbocycles. The van der Waals surface area contributed by atoms with Crippen LogP contribution in [0.5, 0.6) is 0 Å². The molecule has 0 aliphatic carbocycles. The van der Waals surface area contributed by atoms with Crippen molar-refractivity contribution in [3.05, 3.63) is 60.1 Å². The van der Waals surface area contributed by atoms with Crippen LogP contribution in [-0.2, 0) is 16.2 Å². The molecule has 0 unspecified atom stereocenters. The number of likely N-dealkylation sites (tertiary alicyclic amines) is 1. The zero-order valence-electron chi connectivity index (χ0n) is 15.6. The van der Waals surface area contributed by atoms with Gasteiger partial charge in [0.2, 0.25) is 0 Å². The molecule has 2 atom stereocenters. The second-order valence-electron chi connectivity index (χ2n) is 7.60. The molecule has 6 heteroatoms. The van der Waals surface area contributed by atoms with E-state index in [1.807, 2.05) is 24.3 Å². The molecule has 1 aromatic carbocycles. The molecule has 142 valence electrons. The average Bonchev–Trinajstić information content (AvgIpc) is 3.43. The molecule has 1 spiro atoms. The Hall–Kier alpha value is -2.60. The van der Waals surface area contributed by atoms with Crippen molar-refractivity contribution in [3.63, 3.8) is 0 Å². The Morgan fingerprint density at radius 1 is 1.33 bits per heavy atom. The number of nitrogens with one attached hydrogen (secondary N) is 1. The fourth-order valence-corrected chi connectivity index (χ4v) is 3.81. The van der Waals surface area contributed by atoms with E-state index in [2.05, 4.69) is 34.4 Å². The largest absolute Gasteiger partial charge is 0.472 e. The summed E-state index contributed by atoms with van der Waals surface area (Å²) in [5, 5.41) is 7.11. The van der Waals surface area contributed by atoms with E-state index in [9.17, 15) is 4.79 Å². The predicted molar refractivity (Wildman–Crippen MR) is 102 cm³/mol. The summed E-state index contributed by atoms with van der Waals surface area (Å²) < 4.78 is 5.13. The van der Waals surface area contributed by atoms with Crippen LogP contribution in [0.3, 0.4) is 0 Å². The second kappa shape index (κ2) is 7.56. The highest BCUT2D eigenvalue weighted by Crippen LogP contribution is 2.34.